The average Bonchev–Trinajstić information content (AvgIpc) is 2.74. The van der Waals surface area contributed by atoms with E-state index in [-0.39, 0.29) is 0 Å². The van der Waals surface area contributed by atoms with Crippen molar-refractivity contribution in [1.29, 1.82) is 0 Å². The van der Waals surface area contributed by atoms with Gasteiger partial charge in [-0.05, 0) is 72.9 Å². The first-order valence-corrected chi connectivity index (χ1v) is 10.7. The molecule has 0 spiro atoms. The second-order valence-electron chi connectivity index (χ2n) is 8.20. The molecule has 162 valence electrons. The molecule has 6 heteroatoms. The van der Waals surface area contributed by atoms with Crippen LogP contribution < -0.4 is 16.0 Å². The Labute approximate surface area is 189 Å². The van der Waals surface area contributed by atoms with Crippen LogP contribution in [0.2, 0.25) is 0 Å². The molecule has 4 aromatic rings. The Morgan fingerprint density at radius 1 is 0.562 bits per heavy atom. The molecule has 4 rings (SSSR count). The van der Waals surface area contributed by atoms with Gasteiger partial charge in [-0.15, -0.1) is 0 Å². The summed E-state index contributed by atoms with van der Waals surface area (Å²) in [6.45, 7) is 8.46. The third-order valence-electron chi connectivity index (χ3n) is 4.99. The van der Waals surface area contributed by atoms with Crippen molar-refractivity contribution in [2.24, 2.45) is 0 Å². The first-order valence-electron chi connectivity index (χ1n) is 10.7. The highest BCUT2D eigenvalue weighted by atomic mass is 15.3. The van der Waals surface area contributed by atoms with E-state index in [1.165, 1.54) is 5.56 Å². The molecule has 0 saturated heterocycles. The predicted octanol–water partition coefficient (Wildman–Crippen LogP) is 6.84. The topological polar surface area (TPSA) is 74.8 Å². The molecule has 1 heterocycles. The number of hydrogen-bond donors (Lipinski definition) is 3. The highest BCUT2D eigenvalue weighted by Crippen LogP contribution is 2.24. The predicted molar refractivity (Wildman–Crippen MR) is 133 cm³/mol. The van der Waals surface area contributed by atoms with Gasteiger partial charge in [-0.3, -0.25) is 0 Å². The maximum Gasteiger partial charge on any atom is 0.233 e. The molecular formula is C26H28N6. The number of rotatable bonds is 7. The van der Waals surface area contributed by atoms with Crippen molar-refractivity contribution in [2.45, 2.75) is 33.6 Å². The van der Waals surface area contributed by atoms with Crippen LogP contribution in [-0.2, 0) is 0 Å². The molecule has 0 radical (unpaired) electrons. The van der Waals surface area contributed by atoms with Crippen LogP contribution in [0.3, 0.4) is 0 Å². The van der Waals surface area contributed by atoms with Gasteiger partial charge in [0.25, 0.3) is 0 Å². The van der Waals surface area contributed by atoms with Crippen molar-refractivity contribution in [3.63, 3.8) is 0 Å². The highest BCUT2D eigenvalue weighted by Gasteiger charge is 2.09. The van der Waals surface area contributed by atoms with Gasteiger partial charge in [0, 0.05) is 17.1 Å². The van der Waals surface area contributed by atoms with Crippen molar-refractivity contribution in [3.8, 4) is 0 Å². The first kappa shape index (κ1) is 21.3. The highest BCUT2D eigenvalue weighted by molar-refractivity contribution is 5.62. The van der Waals surface area contributed by atoms with Crippen molar-refractivity contribution in [1.82, 2.24) is 15.0 Å². The molecule has 6 nitrogen and oxygen atoms in total. The van der Waals surface area contributed by atoms with Gasteiger partial charge in [-0.2, -0.15) is 15.0 Å². The fraction of sp³-hybridized carbons (Fsp3) is 0.192. The average molecular weight is 425 g/mol. The molecule has 0 aliphatic carbocycles. The largest absolute Gasteiger partial charge is 0.324 e. The molecule has 0 amide bonds. The number of hydrogen-bond acceptors (Lipinski definition) is 6. The van der Waals surface area contributed by atoms with Crippen LogP contribution in [0, 0.1) is 13.8 Å². The van der Waals surface area contributed by atoms with Crippen molar-refractivity contribution >= 4 is 34.9 Å². The summed E-state index contributed by atoms with van der Waals surface area (Å²) in [5.74, 6) is 1.82. The Balaban J connectivity index is 1.67. The van der Waals surface area contributed by atoms with Crippen LogP contribution in [0.25, 0.3) is 0 Å². The second kappa shape index (κ2) is 9.47. The van der Waals surface area contributed by atoms with Gasteiger partial charge in [0.1, 0.15) is 0 Å². The van der Waals surface area contributed by atoms with Crippen molar-refractivity contribution in [3.05, 3.63) is 89.5 Å². The monoisotopic (exact) mass is 424 g/mol. The lowest BCUT2D eigenvalue weighted by molar-refractivity contribution is 0.867. The molecule has 3 aromatic carbocycles. The minimum atomic E-state index is 0.437. The zero-order chi connectivity index (χ0) is 22.5. The van der Waals surface area contributed by atoms with Crippen LogP contribution in [0.4, 0.5) is 34.9 Å². The molecule has 0 bridgehead atoms. The molecule has 0 aliphatic rings. The van der Waals surface area contributed by atoms with Crippen LogP contribution in [-0.4, -0.2) is 15.0 Å². The van der Waals surface area contributed by atoms with Crippen LogP contribution in [0.1, 0.15) is 36.5 Å². The standard InChI is InChI=1S/C26H28N6/c1-17(2)20-10-7-13-23(16-20)29-26-31-24(27-21-11-5-8-18(3)14-21)30-25(32-26)28-22-12-6-9-19(4)15-22/h5-17H,1-4H3,(H3,27,28,29,30,31,32). The zero-order valence-corrected chi connectivity index (χ0v) is 18.8. The van der Waals surface area contributed by atoms with E-state index < -0.39 is 0 Å². The van der Waals surface area contributed by atoms with E-state index in [0.29, 0.717) is 23.8 Å². The molecule has 0 fully saturated rings. The van der Waals surface area contributed by atoms with E-state index >= 15 is 0 Å². The maximum atomic E-state index is 4.60. The molecule has 0 atom stereocenters. The van der Waals surface area contributed by atoms with Crippen LogP contribution in [0.5, 0.6) is 0 Å². The van der Waals surface area contributed by atoms with E-state index in [1.54, 1.807) is 0 Å². The van der Waals surface area contributed by atoms with Gasteiger partial charge in [-0.25, -0.2) is 0 Å². The second-order valence-corrected chi connectivity index (χ2v) is 8.20. The number of aryl methyl sites for hydroxylation is 2. The first-order chi connectivity index (χ1) is 15.4. The minimum absolute atomic E-state index is 0.437. The number of nitrogens with one attached hydrogen (secondary N) is 3. The summed E-state index contributed by atoms with van der Waals surface area (Å²) in [5.41, 5.74) is 6.35. The summed E-state index contributed by atoms with van der Waals surface area (Å²) < 4.78 is 0. The summed E-state index contributed by atoms with van der Waals surface area (Å²) in [6.07, 6.45) is 0. The van der Waals surface area contributed by atoms with E-state index in [0.717, 1.165) is 28.2 Å². The molecule has 0 saturated carbocycles. The number of aromatic nitrogens is 3. The number of benzene rings is 3. The SMILES string of the molecule is Cc1cccc(Nc2nc(Nc3cccc(C)c3)nc(Nc3cccc(C(C)C)c3)n2)c1. The Morgan fingerprint density at radius 2 is 0.969 bits per heavy atom. The number of anilines is 6. The Bertz CT molecular complexity index is 1150. The van der Waals surface area contributed by atoms with Crippen LogP contribution >= 0.6 is 0 Å². The van der Waals surface area contributed by atoms with E-state index in [9.17, 15) is 0 Å². The lowest BCUT2D eigenvalue weighted by Gasteiger charge is -2.13. The summed E-state index contributed by atoms with van der Waals surface area (Å²) in [5, 5.41) is 9.92. The van der Waals surface area contributed by atoms with Gasteiger partial charge in [0.05, 0.1) is 0 Å². The number of nitrogens with zero attached hydrogens (tertiary/aromatic N) is 3. The Hall–Kier alpha value is -3.93. The summed E-state index contributed by atoms with van der Waals surface area (Å²) in [6, 6.07) is 24.5. The lowest BCUT2D eigenvalue weighted by Crippen LogP contribution is -2.07. The summed E-state index contributed by atoms with van der Waals surface area (Å²) in [7, 11) is 0. The Kier molecular flexibility index (Phi) is 6.31. The van der Waals surface area contributed by atoms with E-state index in [4.69, 9.17) is 0 Å². The molecule has 1 aromatic heterocycles. The molecule has 0 aliphatic heterocycles. The summed E-state index contributed by atoms with van der Waals surface area (Å²) in [4.78, 5) is 13.8. The van der Waals surface area contributed by atoms with Crippen molar-refractivity contribution < 1.29 is 0 Å². The smallest absolute Gasteiger partial charge is 0.233 e. The summed E-state index contributed by atoms with van der Waals surface area (Å²) >= 11 is 0. The van der Waals surface area contributed by atoms with Crippen LogP contribution in [0.15, 0.2) is 72.8 Å². The van der Waals surface area contributed by atoms with Gasteiger partial charge in [0.15, 0.2) is 0 Å². The fourth-order valence-electron chi connectivity index (χ4n) is 3.35. The molecule has 3 N–H and O–H groups in total. The van der Waals surface area contributed by atoms with E-state index in [1.807, 2.05) is 36.4 Å². The fourth-order valence-corrected chi connectivity index (χ4v) is 3.35. The molecule has 0 unspecified atom stereocenters. The Morgan fingerprint density at radius 3 is 1.38 bits per heavy atom. The third kappa shape index (κ3) is 5.60. The molecule has 32 heavy (non-hydrogen) atoms. The maximum absolute atomic E-state index is 4.60. The normalized spacial score (nSPS) is 10.8. The lowest BCUT2D eigenvalue weighted by atomic mass is 10.0. The molecular weight excluding hydrogens is 396 g/mol. The van der Waals surface area contributed by atoms with Gasteiger partial charge in [-0.1, -0.05) is 50.2 Å². The van der Waals surface area contributed by atoms with Crippen molar-refractivity contribution in [2.75, 3.05) is 16.0 Å². The van der Waals surface area contributed by atoms with Gasteiger partial charge >= 0.3 is 0 Å². The third-order valence-corrected chi connectivity index (χ3v) is 4.99. The van der Waals surface area contributed by atoms with Gasteiger partial charge < -0.3 is 16.0 Å². The quantitative estimate of drug-likeness (QED) is 0.301. The minimum Gasteiger partial charge on any atom is -0.324 e. The van der Waals surface area contributed by atoms with E-state index in [2.05, 4.69) is 95.0 Å². The van der Waals surface area contributed by atoms with Gasteiger partial charge in [0.2, 0.25) is 17.8 Å². The zero-order valence-electron chi connectivity index (χ0n) is 18.8.